The van der Waals surface area contributed by atoms with E-state index < -0.39 is 0 Å². The summed E-state index contributed by atoms with van der Waals surface area (Å²) in [5.41, 5.74) is 4.17. The molecule has 0 amide bonds. The summed E-state index contributed by atoms with van der Waals surface area (Å²) in [6.45, 7) is 5.81. The van der Waals surface area contributed by atoms with E-state index in [1.54, 1.807) is 6.07 Å². The largest absolute Gasteiger partial charge is 0.494 e. The van der Waals surface area contributed by atoms with Crippen molar-refractivity contribution in [2.75, 3.05) is 13.2 Å². The van der Waals surface area contributed by atoms with E-state index in [4.69, 9.17) is 9.47 Å². The summed E-state index contributed by atoms with van der Waals surface area (Å²) in [6, 6.07) is 10.1. The van der Waals surface area contributed by atoms with Crippen LogP contribution in [0.5, 0.6) is 11.5 Å². The van der Waals surface area contributed by atoms with Gasteiger partial charge in [-0.3, -0.25) is 0 Å². The Morgan fingerprint density at radius 1 is 0.688 bits per heavy atom. The van der Waals surface area contributed by atoms with Crippen molar-refractivity contribution in [3.05, 3.63) is 47.3 Å². The molecular formula is C29H41FO2. The van der Waals surface area contributed by atoms with Crippen LogP contribution in [-0.2, 0) is 12.8 Å². The SMILES string of the molecule is CCCCCCCCCOc1ccc2c(c1)CCc1c-2ccc(OCCCCCC)c1F. The Kier molecular flexibility index (Phi) is 10.4. The minimum absolute atomic E-state index is 0.178. The second-order valence-electron chi connectivity index (χ2n) is 9.10. The Hall–Kier alpha value is -2.03. The molecule has 0 saturated heterocycles. The number of benzene rings is 2. The molecule has 0 fully saturated rings. The lowest BCUT2D eigenvalue weighted by Crippen LogP contribution is -2.09. The van der Waals surface area contributed by atoms with Gasteiger partial charge in [0.15, 0.2) is 11.6 Å². The average Bonchev–Trinajstić information content (AvgIpc) is 2.81. The number of rotatable bonds is 15. The van der Waals surface area contributed by atoms with Crippen molar-refractivity contribution in [3.8, 4) is 22.6 Å². The minimum Gasteiger partial charge on any atom is -0.494 e. The Labute approximate surface area is 194 Å². The summed E-state index contributed by atoms with van der Waals surface area (Å²) in [4.78, 5) is 0. The van der Waals surface area contributed by atoms with Crippen molar-refractivity contribution >= 4 is 0 Å². The minimum atomic E-state index is -0.178. The molecule has 0 N–H and O–H groups in total. The van der Waals surface area contributed by atoms with Gasteiger partial charge in [-0.2, -0.15) is 0 Å². The van der Waals surface area contributed by atoms with Crippen LogP contribution in [-0.4, -0.2) is 13.2 Å². The third kappa shape index (κ3) is 6.98. The molecule has 0 aromatic heterocycles. The molecule has 0 aliphatic heterocycles. The molecule has 1 aliphatic carbocycles. The van der Waals surface area contributed by atoms with Crippen LogP contribution in [0.4, 0.5) is 4.39 Å². The van der Waals surface area contributed by atoms with E-state index in [0.717, 1.165) is 54.7 Å². The van der Waals surface area contributed by atoms with E-state index in [2.05, 4.69) is 26.0 Å². The number of aryl methyl sites for hydroxylation is 1. The first-order chi connectivity index (χ1) is 15.7. The number of unbranched alkanes of at least 4 members (excludes halogenated alkanes) is 9. The molecule has 0 atom stereocenters. The highest BCUT2D eigenvalue weighted by Crippen LogP contribution is 2.39. The van der Waals surface area contributed by atoms with Crippen LogP contribution in [0.15, 0.2) is 30.3 Å². The van der Waals surface area contributed by atoms with Gasteiger partial charge in [0.2, 0.25) is 0 Å². The van der Waals surface area contributed by atoms with E-state index in [1.165, 1.54) is 56.9 Å². The van der Waals surface area contributed by atoms with Crippen molar-refractivity contribution in [1.29, 1.82) is 0 Å². The molecule has 0 spiro atoms. The van der Waals surface area contributed by atoms with Gasteiger partial charge in [-0.05, 0) is 66.1 Å². The molecule has 32 heavy (non-hydrogen) atoms. The maximum atomic E-state index is 15.1. The summed E-state index contributed by atoms with van der Waals surface area (Å²) < 4.78 is 26.9. The zero-order chi connectivity index (χ0) is 22.6. The molecule has 3 heteroatoms. The molecular weight excluding hydrogens is 399 g/mol. The Morgan fingerprint density at radius 2 is 1.31 bits per heavy atom. The maximum absolute atomic E-state index is 15.1. The quantitative estimate of drug-likeness (QED) is 0.258. The highest BCUT2D eigenvalue weighted by molar-refractivity contribution is 5.75. The van der Waals surface area contributed by atoms with E-state index in [0.29, 0.717) is 18.8 Å². The topological polar surface area (TPSA) is 18.5 Å². The summed E-state index contributed by atoms with van der Waals surface area (Å²) in [5, 5.41) is 0. The molecule has 0 radical (unpaired) electrons. The fourth-order valence-corrected chi connectivity index (χ4v) is 4.56. The van der Waals surface area contributed by atoms with Gasteiger partial charge >= 0.3 is 0 Å². The molecule has 0 saturated carbocycles. The maximum Gasteiger partial charge on any atom is 0.168 e. The summed E-state index contributed by atoms with van der Waals surface area (Å²) in [5.74, 6) is 1.16. The Bertz CT molecular complexity index is 830. The highest BCUT2D eigenvalue weighted by Gasteiger charge is 2.22. The molecule has 0 heterocycles. The van der Waals surface area contributed by atoms with Gasteiger partial charge in [-0.25, -0.2) is 4.39 Å². The molecule has 3 rings (SSSR count). The van der Waals surface area contributed by atoms with Crippen LogP contribution in [0, 0.1) is 5.82 Å². The van der Waals surface area contributed by atoms with Gasteiger partial charge in [0.1, 0.15) is 5.75 Å². The van der Waals surface area contributed by atoms with Crippen molar-refractivity contribution in [2.45, 2.75) is 97.3 Å². The first kappa shape index (κ1) is 24.6. The van der Waals surface area contributed by atoms with Gasteiger partial charge in [0.25, 0.3) is 0 Å². The Morgan fingerprint density at radius 3 is 2.06 bits per heavy atom. The van der Waals surface area contributed by atoms with Gasteiger partial charge in [-0.1, -0.05) is 83.8 Å². The van der Waals surface area contributed by atoms with Crippen LogP contribution in [0.3, 0.4) is 0 Å². The van der Waals surface area contributed by atoms with E-state index in [9.17, 15) is 0 Å². The molecule has 2 aromatic rings. The summed E-state index contributed by atoms with van der Waals surface area (Å²) >= 11 is 0. The van der Waals surface area contributed by atoms with Crippen LogP contribution < -0.4 is 9.47 Å². The van der Waals surface area contributed by atoms with E-state index in [-0.39, 0.29) is 5.82 Å². The predicted molar refractivity (Wildman–Crippen MR) is 132 cm³/mol. The van der Waals surface area contributed by atoms with Gasteiger partial charge in [-0.15, -0.1) is 0 Å². The lowest BCUT2D eigenvalue weighted by molar-refractivity contribution is 0.289. The standard InChI is InChI=1S/C29H41FO2/c1-3-5-7-9-10-11-13-20-31-24-15-17-25-23(22-24)14-16-27-26(25)18-19-28(29(27)30)32-21-12-8-6-4-2/h15,17-19,22H,3-14,16,20-21H2,1-2H3. The lowest BCUT2D eigenvalue weighted by atomic mass is 9.85. The first-order valence-corrected chi connectivity index (χ1v) is 12.9. The number of ether oxygens (including phenoxy) is 2. The number of fused-ring (bicyclic) bond motifs is 3. The molecule has 1 aliphatic rings. The third-order valence-corrected chi connectivity index (χ3v) is 6.49. The normalized spacial score (nSPS) is 12.3. The smallest absolute Gasteiger partial charge is 0.168 e. The van der Waals surface area contributed by atoms with E-state index in [1.807, 2.05) is 12.1 Å². The van der Waals surface area contributed by atoms with Crippen LogP contribution in [0.2, 0.25) is 0 Å². The zero-order valence-corrected chi connectivity index (χ0v) is 20.2. The summed E-state index contributed by atoms with van der Waals surface area (Å²) in [6.07, 6.45) is 15.1. The van der Waals surface area contributed by atoms with Gasteiger partial charge in [0.05, 0.1) is 13.2 Å². The molecule has 2 nitrogen and oxygen atoms in total. The second kappa shape index (κ2) is 13.5. The van der Waals surface area contributed by atoms with E-state index >= 15 is 4.39 Å². The second-order valence-corrected chi connectivity index (χ2v) is 9.10. The van der Waals surface area contributed by atoms with Crippen molar-refractivity contribution in [1.82, 2.24) is 0 Å². The molecule has 0 bridgehead atoms. The molecule has 0 unspecified atom stereocenters. The van der Waals surface area contributed by atoms with Gasteiger partial charge in [0, 0.05) is 0 Å². The van der Waals surface area contributed by atoms with Gasteiger partial charge < -0.3 is 9.47 Å². The van der Waals surface area contributed by atoms with Crippen LogP contribution in [0.25, 0.3) is 11.1 Å². The van der Waals surface area contributed by atoms with Crippen molar-refractivity contribution < 1.29 is 13.9 Å². The summed E-state index contributed by atoms with van der Waals surface area (Å²) in [7, 11) is 0. The highest BCUT2D eigenvalue weighted by atomic mass is 19.1. The predicted octanol–water partition coefficient (Wildman–Crippen LogP) is 8.68. The van der Waals surface area contributed by atoms with Crippen LogP contribution >= 0.6 is 0 Å². The third-order valence-electron chi connectivity index (χ3n) is 6.49. The Balaban J connectivity index is 1.53. The number of hydrogen-bond donors (Lipinski definition) is 0. The first-order valence-electron chi connectivity index (χ1n) is 12.9. The molecule has 176 valence electrons. The lowest BCUT2D eigenvalue weighted by Gasteiger charge is -2.22. The zero-order valence-electron chi connectivity index (χ0n) is 20.2. The fourth-order valence-electron chi connectivity index (χ4n) is 4.56. The fraction of sp³-hybridized carbons (Fsp3) is 0.586. The molecule has 2 aromatic carbocycles. The monoisotopic (exact) mass is 440 g/mol. The van der Waals surface area contributed by atoms with Crippen molar-refractivity contribution in [3.63, 3.8) is 0 Å². The number of halogens is 1. The number of hydrogen-bond acceptors (Lipinski definition) is 2. The average molecular weight is 441 g/mol. The van der Waals surface area contributed by atoms with Crippen LogP contribution in [0.1, 0.15) is 95.6 Å². The van der Waals surface area contributed by atoms with Crippen molar-refractivity contribution in [2.24, 2.45) is 0 Å².